The summed E-state index contributed by atoms with van der Waals surface area (Å²) in [5.41, 5.74) is 2.18. The summed E-state index contributed by atoms with van der Waals surface area (Å²) in [7, 11) is 0. The van der Waals surface area contributed by atoms with Crippen LogP contribution in [0.5, 0.6) is 0 Å². The fourth-order valence-corrected chi connectivity index (χ4v) is 2.41. The van der Waals surface area contributed by atoms with Crippen LogP contribution < -0.4 is 0 Å². The number of hydrogen-bond acceptors (Lipinski definition) is 2. The Kier molecular flexibility index (Phi) is 1.80. The van der Waals surface area contributed by atoms with Gasteiger partial charge in [-0.2, -0.15) is 0 Å². The summed E-state index contributed by atoms with van der Waals surface area (Å²) in [6, 6.07) is 12.5. The minimum atomic E-state index is 1.04. The number of nitrogens with one attached hydrogen (secondary N) is 1. The smallest absolute Gasteiger partial charge is 0.0762 e. The van der Waals surface area contributed by atoms with Gasteiger partial charge in [-0.1, -0.05) is 29.5 Å². The van der Waals surface area contributed by atoms with E-state index in [1.54, 1.807) is 10.9 Å². The minimum Gasteiger partial charge on any atom is -0.361 e. The molecule has 0 radical (unpaired) electrons. The molecule has 2 aromatic carbocycles. The van der Waals surface area contributed by atoms with Crippen LogP contribution in [-0.4, -0.2) is 20.0 Å². The first kappa shape index (κ1) is 9.41. The molecule has 0 saturated carbocycles. The van der Waals surface area contributed by atoms with Crippen molar-refractivity contribution in [1.82, 2.24) is 20.0 Å². The van der Waals surface area contributed by atoms with Crippen LogP contribution in [0.4, 0.5) is 0 Å². The van der Waals surface area contributed by atoms with Gasteiger partial charge < -0.3 is 4.98 Å². The summed E-state index contributed by atoms with van der Waals surface area (Å²) in [4.78, 5) is 3.30. The lowest BCUT2D eigenvalue weighted by Gasteiger charge is -2.07. The van der Waals surface area contributed by atoms with E-state index in [2.05, 4.69) is 45.6 Å². The molecule has 18 heavy (non-hydrogen) atoms. The third-order valence-corrected chi connectivity index (χ3v) is 3.22. The van der Waals surface area contributed by atoms with Crippen LogP contribution in [0.15, 0.2) is 55.0 Å². The molecule has 1 N–H and O–H groups in total. The maximum atomic E-state index is 4.08. The highest BCUT2D eigenvalue weighted by molar-refractivity contribution is 6.09. The predicted octanol–water partition coefficient (Wildman–Crippen LogP) is 2.90. The summed E-state index contributed by atoms with van der Waals surface area (Å²) in [5.74, 6) is 0. The van der Waals surface area contributed by atoms with Crippen molar-refractivity contribution < 1.29 is 0 Å². The van der Waals surface area contributed by atoms with Crippen LogP contribution in [0.1, 0.15) is 0 Å². The zero-order valence-electron chi connectivity index (χ0n) is 9.54. The normalized spacial score (nSPS) is 11.3. The lowest BCUT2D eigenvalue weighted by molar-refractivity contribution is 0.808. The number of hydrogen-bond donors (Lipinski definition) is 1. The van der Waals surface area contributed by atoms with E-state index >= 15 is 0 Å². The molecular formula is C14H10N4. The van der Waals surface area contributed by atoms with Crippen molar-refractivity contribution in [1.29, 1.82) is 0 Å². The van der Waals surface area contributed by atoms with E-state index < -0.39 is 0 Å². The molecule has 0 atom stereocenters. The molecule has 0 bridgehead atoms. The Bertz CT molecular complexity index is 827. The van der Waals surface area contributed by atoms with Crippen LogP contribution in [0.3, 0.4) is 0 Å². The lowest BCUT2D eigenvalue weighted by atomic mass is 10.1. The topological polar surface area (TPSA) is 46.5 Å². The van der Waals surface area contributed by atoms with E-state index in [0.29, 0.717) is 0 Å². The number of fused-ring (bicyclic) bond motifs is 3. The highest BCUT2D eigenvalue weighted by atomic mass is 15.4. The van der Waals surface area contributed by atoms with Gasteiger partial charge in [-0.15, -0.1) is 5.10 Å². The van der Waals surface area contributed by atoms with E-state index in [0.717, 1.165) is 11.2 Å². The Morgan fingerprint density at radius 3 is 2.83 bits per heavy atom. The van der Waals surface area contributed by atoms with Crippen LogP contribution in [0.25, 0.3) is 27.4 Å². The molecule has 0 aliphatic heterocycles. The average molecular weight is 234 g/mol. The number of nitrogens with zero attached hydrogens (tertiary/aromatic N) is 3. The maximum absolute atomic E-state index is 4.08. The van der Waals surface area contributed by atoms with Gasteiger partial charge in [0.2, 0.25) is 0 Å². The van der Waals surface area contributed by atoms with Crippen molar-refractivity contribution in [2.45, 2.75) is 0 Å². The van der Waals surface area contributed by atoms with E-state index in [9.17, 15) is 0 Å². The van der Waals surface area contributed by atoms with Crippen molar-refractivity contribution >= 4 is 21.7 Å². The molecule has 0 aliphatic carbocycles. The first-order valence-corrected chi connectivity index (χ1v) is 5.79. The summed E-state index contributed by atoms with van der Waals surface area (Å²) in [6.45, 7) is 0. The van der Waals surface area contributed by atoms with Crippen molar-refractivity contribution in [2.75, 3.05) is 0 Å². The molecule has 0 unspecified atom stereocenters. The zero-order valence-corrected chi connectivity index (χ0v) is 9.54. The standard InChI is InChI=1S/C14H10N4/c1-2-10-4-5-11-6-7-15-14(11)13(10)12(3-1)18-9-8-16-17-18/h1-9,15H. The second-order valence-corrected chi connectivity index (χ2v) is 4.23. The van der Waals surface area contributed by atoms with Gasteiger partial charge in [0.25, 0.3) is 0 Å². The fourth-order valence-electron chi connectivity index (χ4n) is 2.41. The second-order valence-electron chi connectivity index (χ2n) is 4.23. The van der Waals surface area contributed by atoms with E-state index in [4.69, 9.17) is 0 Å². The van der Waals surface area contributed by atoms with Gasteiger partial charge in [-0.05, 0) is 17.5 Å². The molecule has 4 aromatic rings. The van der Waals surface area contributed by atoms with Gasteiger partial charge in [0, 0.05) is 17.0 Å². The molecule has 2 aromatic heterocycles. The number of rotatable bonds is 1. The van der Waals surface area contributed by atoms with Gasteiger partial charge in [-0.3, -0.25) is 0 Å². The molecule has 4 nitrogen and oxygen atoms in total. The molecule has 0 spiro atoms. The Morgan fingerprint density at radius 1 is 1.00 bits per heavy atom. The number of aromatic amines is 1. The monoisotopic (exact) mass is 234 g/mol. The molecular weight excluding hydrogens is 224 g/mol. The van der Waals surface area contributed by atoms with Crippen LogP contribution in [0, 0.1) is 0 Å². The zero-order chi connectivity index (χ0) is 11.9. The Labute approximate surface area is 103 Å². The van der Waals surface area contributed by atoms with E-state index in [-0.39, 0.29) is 0 Å². The average Bonchev–Trinajstić information content (AvgIpc) is 3.09. The third-order valence-electron chi connectivity index (χ3n) is 3.22. The van der Waals surface area contributed by atoms with Gasteiger partial charge in [0.05, 0.1) is 23.6 Å². The molecule has 0 saturated heterocycles. The highest BCUT2D eigenvalue weighted by Crippen LogP contribution is 2.28. The third kappa shape index (κ3) is 1.20. The molecule has 4 heteroatoms. The molecule has 4 rings (SSSR count). The van der Waals surface area contributed by atoms with Gasteiger partial charge in [-0.25, -0.2) is 4.68 Å². The SMILES string of the molecule is c1cc(-n2ccnn2)c2c(c1)ccc1cc[nH]c12. The van der Waals surface area contributed by atoms with Crippen LogP contribution in [-0.2, 0) is 0 Å². The quantitative estimate of drug-likeness (QED) is 0.550. The molecule has 0 aliphatic rings. The molecule has 0 amide bonds. The van der Waals surface area contributed by atoms with Crippen LogP contribution >= 0.6 is 0 Å². The highest BCUT2D eigenvalue weighted by Gasteiger charge is 2.08. The maximum Gasteiger partial charge on any atom is 0.0762 e. The summed E-state index contributed by atoms with van der Waals surface area (Å²) < 4.78 is 1.79. The number of aromatic nitrogens is 4. The van der Waals surface area contributed by atoms with Crippen molar-refractivity contribution in [3.05, 3.63) is 55.0 Å². The fraction of sp³-hybridized carbons (Fsp3) is 0. The molecule has 86 valence electrons. The van der Waals surface area contributed by atoms with Crippen molar-refractivity contribution in [2.24, 2.45) is 0 Å². The van der Waals surface area contributed by atoms with E-state index in [1.165, 1.54) is 16.2 Å². The Balaban J connectivity index is 2.23. The number of H-pyrrole nitrogens is 1. The van der Waals surface area contributed by atoms with Gasteiger partial charge >= 0.3 is 0 Å². The molecule has 2 heterocycles. The predicted molar refractivity (Wildman–Crippen MR) is 70.7 cm³/mol. The van der Waals surface area contributed by atoms with Gasteiger partial charge in [0.1, 0.15) is 0 Å². The lowest BCUT2D eigenvalue weighted by Crippen LogP contribution is -1.96. The van der Waals surface area contributed by atoms with Crippen molar-refractivity contribution in [3.63, 3.8) is 0 Å². The number of benzene rings is 2. The van der Waals surface area contributed by atoms with Crippen molar-refractivity contribution in [3.8, 4) is 5.69 Å². The largest absolute Gasteiger partial charge is 0.361 e. The van der Waals surface area contributed by atoms with Gasteiger partial charge in [0.15, 0.2) is 0 Å². The summed E-state index contributed by atoms with van der Waals surface area (Å²) in [6.07, 6.45) is 5.51. The van der Waals surface area contributed by atoms with Crippen LogP contribution in [0.2, 0.25) is 0 Å². The first-order valence-electron chi connectivity index (χ1n) is 5.79. The summed E-state index contributed by atoms with van der Waals surface area (Å²) in [5, 5.41) is 11.5. The minimum absolute atomic E-state index is 1.04. The Morgan fingerprint density at radius 2 is 1.94 bits per heavy atom. The van der Waals surface area contributed by atoms with E-state index in [1.807, 2.05) is 18.5 Å². The second kappa shape index (κ2) is 3.43. The Hall–Kier alpha value is -2.62. The molecule has 0 fully saturated rings. The summed E-state index contributed by atoms with van der Waals surface area (Å²) >= 11 is 0. The first-order chi connectivity index (χ1) is 8.93.